The molecule has 0 bridgehead atoms. The molecule has 4 aliphatic carbocycles. The van der Waals surface area contributed by atoms with E-state index < -0.39 is 23.9 Å². The summed E-state index contributed by atoms with van der Waals surface area (Å²) >= 11 is 0. The van der Waals surface area contributed by atoms with Gasteiger partial charge in [-0.1, -0.05) is 38.8 Å². The van der Waals surface area contributed by atoms with E-state index in [1.54, 1.807) is 13.2 Å². The average Bonchev–Trinajstić information content (AvgIpc) is 3.25. The second kappa shape index (κ2) is 7.59. The third-order valence-electron chi connectivity index (χ3n) is 9.65. The molecule has 1 aliphatic heterocycles. The lowest BCUT2D eigenvalue weighted by Gasteiger charge is -2.60. The fraction of sp³-hybridized carbons (Fsp3) is 0.769. The van der Waals surface area contributed by atoms with E-state index in [9.17, 15) is 14.7 Å². The molecular formula is C26H36O6. The molecule has 5 aliphatic rings. The van der Waals surface area contributed by atoms with Crippen molar-refractivity contribution < 1.29 is 28.9 Å². The Morgan fingerprint density at radius 3 is 2.81 bits per heavy atom. The van der Waals surface area contributed by atoms with Crippen LogP contribution in [0, 0.1) is 28.6 Å². The van der Waals surface area contributed by atoms with Crippen molar-refractivity contribution in [2.75, 3.05) is 13.7 Å². The highest BCUT2D eigenvalue weighted by Gasteiger charge is 2.75. The number of aliphatic hydroxyl groups excluding tert-OH is 1. The van der Waals surface area contributed by atoms with E-state index in [0.29, 0.717) is 12.3 Å². The van der Waals surface area contributed by atoms with Gasteiger partial charge in [0.25, 0.3) is 0 Å². The number of methoxy groups -OCH3 is 1. The van der Waals surface area contributed by atoms with Crippen LogP contribution in [-0.4, -0.2) is 54.5 Å². The van der Waals surface area contributed by atoms with Crippen LogP contribution in [0.15, 0.2) is 23.8 Å². The fourth-order valence-corrected chi connectivity index (χ4v) is 8.31. The molecule has 0 radical (unpaired) electrons. The Bertz CT molecular complexity index is 878. The van der Waals surface area contributed by atoms with E-state index in [1.165, 1.54) is 5.57 Å². The van der Waals surface area contributed by atoms with Gasteiger partial charge in [0.2, 0.25) is 0 Å². The Labute approximate surface area is 190 Å². The summed E-state index contributed by atoms with van der Waals surface area (Å²) in [5.41, 5.74) is -0.625. The summed E-state index contributed by atoms with van der Waals surface area (Å²) < 4.78 is 19.0. The first-order chi connectivity index (χ1) is 15.2. The number of aliphatic hydroxyl groups is 1. The van der Waals surface area contributed by atoms with E-state index in [2.05, 4.69) is 26.8 Å². The Kier molecular flexibility index (Phi) is 5.32. The number of Topliss-reactive ketones (excluding diaryl/α,β-unsaturated/α-hetero) is 1. The molecule has 0 amide bonds. The molecule has 3 saturated carbocycles. The van der Waals surface area contributed by atoms with Crippen molar-refractivity contribution in [1.82, 2.24) is 0 Å². The number of carbonyl (C=O) groups excluding carboxylic acids is 2. The molecule has 0 aromatic rings. The van der Waals surface area contributed by atoms with Crippen LogP contribution in [0.1, 0.15) is 59.3 Å². The maximum absolute atomic E-state index is 13.4. The second-order valence-electron chi connectivity index (χ2n) is 10.9. The molecule has 6 heteroatoms. The van der Waals surface area contributed by atoms with E-state index in [4.69, 9.17) is 14.2 Å². The minimum absolute atomic E-state index is 0.0669. The predicted molar refractivity (Wildman–Crippen MR) is 118 cm³/mol. The molecule has 1 saturated heterocycles. The number of fused-ring (bicyclic) bond motifs is 7. The quantitative estimate of drug-likeness (QED) is 0.700. The van der Waals surface area contributed by atoms with Gasteiger partial charge in [-0.15, -0.1) is 0 Å². The zero-order valence-electron chi connectivity index (χ0n) is 19.6. The molecule has 9 atom stereocenters. The van der Waals surface area contributed by atoms with Crippen molar-refractivity contribution >= 4 is 11.6 Å². The van der Waals surface area contributed by atoms with Crippen LogP contribution in [0.4, 0.5) is 0 Å². The highest BCUT2D eigenvalue weighted by molar-refractivity contribution is 6.01. The minimum atomic E-state index is -1.12. The molecule has 0 aromatic carbocycles. The summed E-state index contributed by atoms with van der Waals surface area (Å²) in [6, 6.07) is 0. The van der Waals surface area contributed by atoms with Gasteiger partial charge >= 0.3 is 0 Å². The first kappa shape index (κ1) is 22.5. The zero-order chi connectivity index (χ0) is 22.9. The minimum Gasteiger partial charge on any atom is -0.388 e. The van der Waals surface area contributed by atoms with Crippen LogP contribution in [0.3, 0.4) is 0 Å². The molecule has 0 aromatic heterocycles. The van der Waals surface area contributed by atoms with Gasteiger partial charge in [0, 0.05) is 23.9 Å². The zero-order valence-corrected chi connectivity index (χ0v) is 19.6. The normalized spacial score (nSPS) is 49.2. The molecule has 6 nitrogen and oxygen atoms in total. The lowest BCUT2D eigenvalue weighted by Crippen LogP contribution is -2.63. The summed E-state index contributed by atoms with van der Waals surface area (Å²) in [7, 11) is 1.75. The van der Waals surface area contributed by atoms with E-state index in [0.717, 1.165) is 32.1 Å². The van der Waals surface area contributed by atoms with Gasteiger partial charge in [0.15, 0.2) is 23.5 Å². The van der Waals surface area contributed by atoms with Crippen molar-refractivity contribution in [2.45, 2.75) is 83.4 Å². The van der Waals surface area contributed by atoms with Gasteiger partial charge in [0.05, 0.1) is 12.2 Å². The maximum Gasteiger partial charge on any atom is 0.193 e. The SMILES string of the molecule is CCCC1OC2C[C@H]3[C@@H]4CCC5=CC(=O)C=C[C@]5(C)[C@H]4[C@@H](OC)C[C@]3(C)[C@]2(C(=O)CO)O1. The van der Waals surface area contributed by atoms with Crippen molar-refractivity contribution in [3.05, 3.63) is 23.8 Å². The van der Waals surface area contributed by atoms with Gasteiger partial charge in [-0.05, 0) is 56.1 Å². The molecule has 1 heterocycles. The Morgan fingerprint density at radius 1 is 1.34 bits per heavy atom. The van der Waals surface area contributed by atoms with Crippen LogP contribution in [0.25, 0.3) is 0 Å². The Balaban J connectivity index is 1.58. The van der Waals surface area contributed by atoms with Crippen molar-refractivity contribution in [2.24, 2.45) is 28.6 Å². The van der Waals surface area contributed by atoms with Gasteiger partial charge in [-0.3, -0.25) is 9.59 Å². The molecule has 176 valence electrons. The summed E-state index contributed by atoms with van der Waals surface area (Å²) in [6.07, 6.45) is 9.71. The summed E-state index contributed by atoms with van der Waals surface area (Å²) in [5.74, 6) is 0.583. The van der Waals surface area contributed by atoms with E-state index in [-0.39, 0.29) is 41.0 Å². The fourth-order valence-electron chi connectivity index (χ4n) is 8.31. The van der Waals surface area contributed by atoms with Gasteiger partial charge in [-0.25, -0.2) is 0 Å². The lowest BCUT2D eigenvalue weighted by molar-refractivity contribution is -0.203. The smallest absolute Gasteiger partial charge is 0.193 e. The summed E-state index contributed by atoms with van der Waals surface area (Å²) in [6.45, 7) is 5.94. The van der Waals surface area contributed by atoms with E-state index in [1.807, 2.05) is 6.08 Å². The van der Waals surface area contributed by atoms with Gasteiger partial charge in [0.1, 0.15) is 6.61 Å². The third kappa shape index (κ3) is 2.73. The number of ether oxygens (including phenoxy) is 3. The number of hydrogen-bond donors (Lipinski definition) is 1. The van der Waals surface area contributed by atoms with Gasteiger partial charge < -0.3 is 19.3 Å². The van der Waals surface area contributed by atoms with Crippen LogP contribution in [0.2, 0.25) is 0 Å². The van der Waals surface area contributed by atoms with Crippen LogP contribution in [-0.2, 0) is 23.8 Å². The summed E-state index contributed by atoms with van der Waals surface area (Å²) in [4.78, 5) is 25.4. The number of rotatable bonds is 5. The van der Waals surface area contributed by atoms with Crippen LogP contribution >= 0.6 is 0 Å². The molecule has 2 unspecified atom stereocenters. The van der Waals surface area contributed by atoms with Crippen molar-refractivity contribution in [1.29, 1.82) is 0 Å². The predicted octanol–water partition coefficient (Wildman–Crippen LogP) is 3.37. The van der Waals surface area contributed by atoms with E-state index >= 15 is 0 Å². The summed E-state index contributed by atoms with van der Waals surface area (Å²) in [5, 5.41) is 9.97. The first-order valence-electron chi connectivity index (χ1n) is 12.2. The largest absolute Gasteiger partial charge is 0.388 e. The monoisotopic (exact) mass is 444 g/mol. The molecular weight excluding hydrogens is 408 g/mol. The van der Waals surface area contributed by atoms with Crippen LogP contribution < -0.4 is 0 Å². The topological polar surface area (TPSA) is 82.1 Å². The lowest BCUT2D eigenvalue weighted by atomic mass is 9.46. The number of ketones is 2. The highest BCUT2D eigenvalue weighted by Crippen LogP contribution is 2.70. The third-order valence-corrected chi connectivity index (χ3v) is 9.65. The van der Waals surface area contributed by atoms with Crippen LogP contribution in [0.5, 0.6) is 0 Å². The molecule has 32 heavy (non-hydrogen) atoms. The average molecular weight is 445 g/mol. The van der Waals surface area contributed by atoms with Crippen molar-refractivity contribution in [3.63, 3.8) is 0 Å². The number of hydrogen-bond acceptors (Lipinski definition) is 6. The second-order valence-corrected chi connectivity index (χ2v) is 10.9. The van der Waals surface area contributed by atoms with Gasteiger partial charge in [-0.2, -0.15) is 0 Å². The standard InChI is InChI=1S/C26H36O6/c1-5-6-22-31-21-12-18-17-8-7-15-11-16(28)9-10-24(15,2)23(17)19(30-4)13-25(18,3)26(21,32-22)20(29)14-27/h9-11,17-19,21-23,27H,5-8,12-14H2,1-4H3/t17-,18-,19-,21?,22?,23+,24-,25-,26+/m0/s1. The molecule has 0 spiro atoms. The number of allylic oxidation sites excluding steroid dienone is 4. The highest BCUT2D eigenvalue weighted by atomic mass is 16.7. The van der Waals surface area contributed by atoms with Crippen molar-refractivity contribution in [3.8, 4) is 0 Å². The maximum atomic E-state index is 13.4. The molecule has 1 N–H and O–H groups in total. The molecule has 5 rings (SSSR count). The first-order valence-corrected chi connectivity index (χ1v) is 12.2. The molecule has 4 fully saturated rings. The Morgan fingerprint density at radius 2 is 2.12 bits per heavy atom. The number of carbonyl (C=O) groups is 2. The Hall–Kier alpha value is -1.34.